The molecule has 22 heavy (non-hydrogen) atoms. The number of rotatable bonds is 5. The molecule has 0 radical (unpaired) electrons. The van der Waals surface area contributed by atoms with Crippen LogP contribution in [-0.2, 0) is 16.0 Å². The van der Waals surface area contributed by atoms with Crippen molar-refractivity contribution in [1.82, 2.24) is 0 Å². The van der Waals surface area contributed by atoms with Gasteiger partial charge in [-0.1, -0.05) is 58.4 Å². The number of benzene rings is 2. The van der Waals surface area contributed by atoms with Gasteiger partial charge >= 0.3 is 5.97 Å². The number of carbonyl (C=O) groups excluding carboxylic acids is 1. The Balaban J connectivity index is 1.93. The number of aryl methyl sites for hydroxylation is 1. The summed E-state index contributed by atoms with van der Waals surface area (Å²) >= 11 is 3.33. The van der Waals surface area contributed by atoms with Gasteiger partial charge in [-0.2, -0.15) is 5.26 Å². The van der Waals surface area contributed by atoms with Crippen LogP contribution in [0.4, 0.5) is 0 Å². The second kappa shape index (κ2) is 8.16. The Bertz CT molecular complexity index is 700. The minimum Gasteiger partial charge on any atom is -0.433 e. The standard InChI is InChI=1S/C18H14BrNO2/c19-17-9-7-15(8-10-17)16(12-20)13-22-18(21)11-6-14-4-2-1-3-5-14/h1-5,7-10,13H,6,11H2. The van der Waals surface area contributed by atoms with E-state index in [-0.39, 0.29) is 12.4 Å². The Morgan fingerprint density at radius 3 is 2.45 bits per heavy atom. The first-order valence-electron chi connectivity index (χ1n) is 6.78. The minimum absolute atomic E-state index is 0.277. The van der Waals surface area contributed by atoms with Crippen molar-refractivity contribution in [2.24, 2.45) is 0 Å². The topological polar surface area (TPSA) is 50.1 Å². The van der Waals surface area contributed by atoms with Crippen LogP contribution in [0, 0.1) is 11.3 Å². The van der Waals surface area contributed by atoms with Crippen molar-refractivity contribution >= 4 is 27.5 Å². The Hall–Kier alpha value is -2.38. The first kappa shape index (κ1) is 16.0. The highest BCUT2D eigenvalue weighted by molar-refractivity contribution is 9.10. The van der Waals surface area contributed by atoms with Crippen LogP contribution in [0.3, 0.4) is 0 Å². The van der Waals surface area contributed by atoms with Crippen LogP contribution in [0.15, 0.2) is 65.3 Å². The Morgan fingerprint density at radius 1 is 1.14 bits per heavy atom. The van der Waals surface area contributed by atoms with E-state index in [9.17, 15) is 4.79 Å². The number of hydrogen-bond donors (Lipinski definition) is 0. The molecule has 0 N–H and O–H groups in total. The molecule has 2 rings (SSSR count). The van der Waals surface area contributed by atoms with Crippen LogP contribution in [0.5, 0.6) is 0 Å². The summed E-state index contributed by atoms with van der Waals surface area (Å²) in [4.78, 5) is 11.7. The molecule has 0 spiro atoms. The molecule has 2 aromatic rings. The fourth-order valence-electron chi connectivity index (χ4n) is 1.86. The van der Waals surface area contributed by atoms with Gasteiger partial charge in [-0.15, -0.1) is 0 Å². The number of halogens is 1. The minimum atomic E-state index is -0.353. The molecular formula is C18H14BrNO2. The summed E-state index contributed by atoms with van der Waals surface area (Å²) in [5, 5.41) is 9.15. The summed E-state index contributed by atoms with van der Waals surface area (Å²) in [6.45, 7) is 0. The molecule has 0 aliphatic carbocycles. The molecule has 0 amide bonds. The van der Waals surface area contributed by atoms with Crippen LogP contribution in [0.25, 0.3) is 5.57 Å². The Kier molecular flexibility index (Phi) is 5.93. The van der Waals surface area contributed by atoms with Gasteiger partial charge in [0.15, 0.2) is 0 Å². The third kappa shape index (κ3) is 4.87. The van der Waals surface area contributed by atoms with E-state index in [1.807, 2.05) is 48.5 Å². The van der Waals surface area contributed by atoms with Crippen LogP contribution in [-0.4, -0.2) is 5.97 Å². The number of hydrogen-bond acceptors (Lipinski definition) is 3. The first-order valence-corrected chi connectivity index (χ1v) is 7.58. The predicted molar refractivity (Wildman–Crippen MR) is 88.6 cm³/mol. The van der Waals surface area contributed by atoms with E-state index in [1.165, 1.54) is 6.26 Å². The molecule has 2 aromatic carbocycles. The van der Waals surface area contributed by atoms with Gasteiger partial charge in [0.2, 0.25) is 0 Å². The monoisotopic (exact) mass is 355 g/mol. The fourth-order valence-corrected chi connectivity index (χ4v) is 2.13. The van der Waals surface area contributed by atoms with Crippen molar-refractivity contribution in [2.45, 2.75) is 12.8 Å². The van der Waals surface area contributed by atoms with E-state index in [2.05, 4.69) is 15.9 Å². The molecule has 0 aromatic heterocycles. The maximum Gasteiger partial charge on any atom is 0.310 e. The normalized spacial score (nSPS) is 10.8. The number of nitriles is 1. The number of esters is 1. The molecule has 0 saturated carbocycles. The van der Waals surface area contributed by atoms with Gasteiger partial charge in [0.1, 0.15) is 12.3 Å². The third-order valence-corrected chi connectivity index (χ3v) is 3.57. The SMILES string of the molecule is N#CC(=COC(=O)CCc1ccccc1)c1ccc(Br)cc1. The number of allylic oxidation sites excluding steroid dienone is 1. The summed E-state index contributed by atoms with van der Waals surface area (Å²) in [5.41, 5.74) is 2.11. The van der Waals surface area contributed by atoms with Crippen molar-refractivity contribution in [3.63, 3.8) is 0 Å². The predicted octanol–water partition coefficient (Wildman–Crippen LogP) is 4.49. The zero-order valence-electron chi connectivity index (χ0n) is 11.8. The van der Waals surface area contributed by atoms with Crippen molar-refractivity contribution in [1.29, 1.82) is 5.26 Å². The van der Waals surface area contributed by atoms with Crippen molar-refractivity contribution in [2.75, 3.05) is 0 Å². The lowest BCUT2D eigenvalue weighted by Crippen LogP contribution is -2.02. The maximum absolute atomic E-state index is 11.7. The van der Waals surface area contributed by atoms with E-state index in [0.29, 0.717) is 17.6 Å². The summed E-state index contributed by atoms with van der Waals surface area (Å²) in [6.07, 6.45) is 2.11. The maximum atomic E-state index is 11.7. The molecule has 110 valence electrons. The third-order valence-electron chi connectivity index (χ3n) is 3.04. The second-order valence-corrected chi connectivity index (χ2v) is 5.54. The fraction of sp³-hybridized carbons (Fsp3) is 0.111. The lowest BCUT2D eigenvalue weighted by atomic mass is 10.1. The van der Waals surface area contributed by atoms with E-state index in [1.54, 1.807) is 12.1 Å². The van der Waals surface area contributed by atoms with Crippen LogP contribution < -0.4 is 0 Å². The van der Waals surface area contributed by atoms with E-state index < -0.39 is 0 Å². The molecule has 0 unspecified atom stereocenters. The molecule has 0 aliphatic rings. The van der Waals surface area contributed by atoms with Crippen molar-refractivity contribution in [3.05, 3.63) is 76.5 Å². The van der Waals surface area contributed by atoms with Crippen molar-refractivity contribution in [3.8, 4) is 6.07 Å². The second-order valence-electron chi connectivity index (χ2n) is 4.63. The van der Waals surface area contributed by atoms with E-state index in [4.69, 9.17) is 10.00 Å². The van der Waals surface area contributed by atoms with Gasteiger partial charge in [0, 0.05) is 10.9 Å². The van der Waals surface area contributed by atoms with Gasteiger partial charge < -0.3 is 4.74 Å². The molecule has 3 nitrogen and oxygen atoms in total. The lowest BCUT2D eigenvalue weighted by Gasteiger charge is -2.02. The summed E-state index contributed by atoms with van der Waals surface area (Å²) in [6, 6.07) is 19.0. The zero-order valence-corrected chi connectivity index (χ0v) is 13.4. The molecule has 0 aliphatic heterocycles. The summed E-state index contributed by atoms with van der Waals surface area (Å²) < 4.78 is 5.99. The highest BCUT2D eigenvalue weighted by Crippen LogP contribution is 2.17. The first-order chi connectivity index (χ1) is 10.7. The number of nitrogens with zero attached hydrogens (tertiary/aromatic N) is 1. The smallest absolute Gasteiger partial charge is 0.310 e. The average Bonchev–Trinajstić information content (AvgIpc) is 2.56. The molecule has 0 atom stereocenters. The van der Waals surface area contributed by atoms with Gasteiger partial charge in [0.05, 0.1) is 5.57 Å². The Labute approximate surface area is 138 Å². The molecule has 0 fully saturated rings. The van der Waals surface area contributed by atoms with E-state index in [0.717, 1.165) is 10.0 Å². The quantitative estimate of drug-likeness (QED) is 0.451. The average molecular weight is 356 g/mol. The van der Waals surface area contributed by atoms with E-state index >= 15 is 0 Å². The van der Waals surface area contributed by atoms with Gasteiger partial charge in [-0.3, -0.25) is 4.79 Å². The van der Waals surface area contributed by atoms with Gasteiger partial charge in [-0.25, -0.2) is 0 Å². The summed E-state index contributed by atoms with van der Waals surface area (Å²) in [7, 11) is 0. The largest absolute Gasteiger partial charge is 0.433 e. The zero-order chi connectivity index (χ0) is 15.8. The Morgan fingerprint density at radius 2 is 1.82 bits per heavy atom. The molecule has 4 heteroatoms. The van der Waals surface area contributed by atoms with Crippen molar-refractivity contribution < 1.29 is 9.53 Å². The van der Waals surface area contributed by atoms with Gasteiger partial charge in [-0.05, 0) is 29.7 Å². The number of ether oxygens (including phenoxy) is 1. The molecular weight excluding hydrogens is 342 g/mol. The highest BCUT2D eigenvalue weighted by Gasteiger charge is 2.05. The molecule has 0 saturated heterocycles. The van der Waals surface area contributed by atoms with Gasteiger partial charge in [0.25, 0.3) is 0 Å². The lowest BCUT2D eigenvalue weighted by molar-refractivity contribution is -0.137. The summed E-state index contributed by atoms with van der Waals surface area (Å²) in [5.74, 6) is -0.353. The molecule has 0 heterocycles. The van der Waals surface area contributed by atoms with Crippen LogP contribution in [0.1, 0.15) is 17.5 Å². The molecule has 0 bridgehead atoms. The number of carbonyl (C=O) groups is 1. The highest BCUT2D eigenvalue weighted by atomic mass is 79.9. The van der Waals surface area contributed by atoms with Crippen LogP contribution in [0.2, 0.25) is 0 Å². The van der Waals surface area contributed by atoms with Crippen LogP contribution >= 0.6 is 15.9 Å².